The molecule has 114 valence electrons. The van der Waals surface area contributed by atoms with Crippen LogP contribution in [0.25, 0.3) is 0 Å². The van der Waals surface area contributed by atoms with Gasteiger partial charge in [0.15, 0.2) is 0 Å². The molecule has 0 aliphatic carbocycles. The zero-order valence-electron chi connectivity index (χ0n) is 11.7. The van der Waals surface area contributed by atoms with Crippen LogP contribution in [0.15, 0.2) is 30.3 Å². The fraction of sp³-hybridized carbons (Fsp3) is 0.333. The second-order valence-electron chi connectivity index (χ2n) is 5.37. The largest absolute Gasteiger partial charge is 0.325 e. The second kappa shape index (κ2) is 5.59. The van der Waals surface area contributed by atoms with E-state index in [0.29, 0.717) is 6.42 Å². The first-order valence-electron chi connectivity index (χ1n) is 7.07. The van der Waals surface area contributed by atoms with Crippen molar-refractivity contribution in [3.63, 3.8) is 0 Å². The number of urea groups is 1. The molecule has 1 aromatic carbocycles. The van der Waals surface area contributed by atoms with Crippen LogP contribution in [0.5, 0.6) is 0 Å². The number of imide groups is 2. The Hall–Kier alpha value is -2.70. The van der Waals surface area contributed by atoms with Gasteiger partial charge in [-0.15, -0.1) is 0 Å². The molecule has 1 aromatic rings. The number of amides is 5. The second-order valence-corrected chi connectivity index (χ2v) is 5.37. The third-order valence-electron chi connectivity index (χ3n) is 3.86. The molecule has 22 heavy (non-hydrogen) atoms. The number of piperidine rings is 1. The van der Waals surface area contributed by atoms with E-state index in [1.54, 1.807) is 0 Å². The van der Waals surface area contributed by atoms with Crippen LogP contribution in [0.3, 0.4) is 0 Å². The smallest absolute Gasteiger partial charge is 0.325 e. The number of carbonyl (C=O) groups is 4. The van der Waals surface area contributed by atoms with Crippen LogP contribution in [0, 0.1) is 0 Å². The number of nitrogens with one attached hydrogen (secondary N) is 2. The Morgan fingerprint density at radius 1 is 1.09 bits per heavy atom. The Morgan fingerprint density at radius 3 is 2.50 bits per heavy atom. The lowest BCUT2D eigenvalue weighted by atomic mass is 10.0. The molecule has 7 nitrogen and oxygen atoms in total. The predicted molar refractivity (Wildman–Crippen MR) is 75.5 cm³/mol. The average molecular weight is 301 g/mol. The Bertz CT molecular complexity index is 643. The molecule has 0 unspecified atom stereocenters. The Morgan fingerprint density at radius 2 is 1.82 bits per heavy atom. The normalized spacial score (nSPS) is 25.2. The minimum absolute atomic E-state index is 0.122. The van der Waals surface area contributed by atoms with Gasteiger partial charge in [0.2, 0.25) is 11.8 Å². The quantitative estimate of drug-likeness (QED) is 0.604. The monoisotopic (exact) mass is 301 g/mol. The van der Waals surface area contributed by atoms with Crippen LogP contribution in [-0.4, -0.2) is 40.7 Å². The third kappa shape index (κ3) is 2.57. The highest BCUT2D eigenvalue weighted by atomic mass is 16.2. The number of rotatable bonds is 3. The van der Waals surface area contributed by atoms with Crippen molar-refractivity contribution in [3.05, 3.63) is 35.9 Å². The molecule has 2 aliphatic heterocycles. The summed E-state index contributed by atoms with van der Waals surface area (Å²) in [7, 11) is 0. The molecule has 5 amide bonds. The molecule has 0 spiro atoms. The van der Waals surface area contributed by atoms with Crippen LogP contribution < -0.4 is 10.6 Å². The predicted octanol–water partition coefficient (Wildman–Crippen LogP) is -0.0453. The Labute approximate surface area is 126 Å². The van der Waals surface area contributed by atoms with Crippen LogP contribution in [0.1, 0.15) is 18.4 Å². The molecule has 0 aromatic heterocycles. The summed E-state index contributed by atoms with van der Waals surface area (Å²) in [6.07, 6.45) is 0.661. The van der Waals surface area contributed by atoms with E-state index in [0.717, 1.165) is 10.5 Å². The molecule has 2 saturated heterocycles. The van der Waals surface area contributed by atoms with Crippen LogP contribution >= 0.6 is 0 Å². The van der Waals surface area contributed by atoms with Gasteiger partial charge >= 0.3 is 6.03 Å². The fourth-order valence-corrected chi connectivity index (χ4v) is 2.76. The summed E-state index contributed by atoms with van der Waals surface area (Å²) in [5, 5.41) is 4.76. The minimum Gasteiger partial charge on any atom is -0.325 e. The molecule has 2 atom stereocenters. The van der Waals surface area contributed by atoms with Crippen molar-refractivity contribution in [2.45, 2.75) is 31.3 Å². The van der Waals surface area contributed by atoms with Crippen molar-refractivity contribution in [2.24, 2.45) is 0 Å². The topological polar surface area (TPSA) is 95.6 Å². The molecule has 0 saturated carbocycles. The van der Waals surface area contributed by atoms with Crippen molar-refractivity contribution in [1.82, 2.24) is 15.5 Å². The number of hydrogen-bond donors (Lipinski definition) is 2. The maximum atomic E-state index is 12.4. The Kier molecular flexibility index (Phi) is 3.62. The molecule has 3 rings (SSSR count). The van der Waals surface area contributed by atoms with Crippen molar-refractivity contribution in [2.75, 3.05) is 0 Å². The van der Waals surface area contributed by atoms with Gasteiger partial charge in [-0.1, -0.05) is 30.3 Å². The number of benzene rings is 1. The molecular formula is C15H15N3O4. The summed E-state index contributed by atoms with van der Waals surface area (Å²) in [5.41, 5.74) is 0.922. The number of carbonyl (C=O) groups excluding carboxylic acids is 4. The molecule has 0 bridgehead atoms. The number of hydrogen-bond acceptors (Lipinski definition) is 4. The van der Waals surface area contributed by atoms with Gasteiger partial charge in [-0.25, -0.2) is 9.69 Å². The molecule has 2 N–H and O–H groups in total. The molecule has 2 aliphatic rings. The maximum absolute atomic E-state index is 12.4. The highest BCUT2D eigenvalue weighted by Gasteiger charge is 2.45. The highest BCUT2D eigenvalue weighted by molar-refractivity contribution is 6.10. The van der Waals surface area contributed by atoms with E-state index < -0.39 is 29.9 Å². The first-order valence-corrected chi connectivity index (χ1v) is 7.07. The summed E-state index contributed by atoms with van der Waals surface area (Å²) in [6.45, 7) is 0. The van der Waals surface area contributed by atoms with Crippen molar-refractivity contribution in [1.29, 1.82) is 0 Å². The van der Waals surface area contributed by atoms with E-state index in [2.05, 4.69) is 10.6 Å². The van der Waals surface area contributed by atoms with Crippen LogP contribution in [0.2, 0.25) is 0 Å². The lowest BCUT2D eigenvalue weighted by Gasteiger charge is -2.27. The van der Waals surface area contributed by atoms with Crippen LogP contribution in [0.4, 0.5) is 4.79 Å². The van der Waals surface area contributed by atoms with E-state index in [4.69, 9.17) is 0 Å². The van der Waals surface area contributed by atoms with Gasteiger partial charge in [0.05, 0.1) is 0 Å². The minimum atomic E-state index is -0.911. The number of nitrogens with zero attached hydrogens (tertiary/aromatic N) is 1. The molecule has 2 fully saturated rings. The SMILES string of the molecule is O=C1CC[C@@H](N2C(=O)N[C@@H](Cc3ccccc3)C2=O)C(=O)N1. The molecule has 7 heteroatoms. The zero-order chi connectivity index (χ0) is 15.7. The van der Waals surface area contributed by atoms with E-state index in [1.807, 2.05) is 30.3 Å². The van der Waals surface area contributed by atoms with Gasteiger partial charge in [0, 0.05) is 12.8 Å². The lowest BCUT2D eigenvalue weighted by molar-refractivity contribution is -0.142. The summed E-state index contributed by atoms with van der Waals surface area (Å²) < 4.78 is 0. The van der Waals surface area contributed by atoms with Gasteiger partial charge in [-0.3, -0.25) is 19.7 Å². The summed E-state index contributed by atoms with van der Waals surface area (Å²) >= 11 is 0. The highest BCUT2D eigenvalue weighted by Crippen LogP contribution is 2.19. The first kappa shape index (κ1) is 14.2. The standard InChI is InChI=1S/C15H15N3O4/c19-12-7-6-11(13(20)17-12)18-14(21)10(16-15(18)22)8-9-4-2-1-3-5-9/h1-5,10-11H,6-8H2,(H,16,22)(H,17,19,20)/t10-,11+/m0/s1. The van der Waals surface area contributed by atoms with E-state index in [1.165, 1.54) is 0 Å². The van der Waals surface area contributed by atoms with Gasteiger partial charge in [-0.2, -0.15) is 0 Å². The van der Waals surface area contributed by atoms with E-state index >= 15 is 0 Å². The van der Waals surface area contributed by atoms with Crippen molar-refractivity contribution in [3.8, 4) is 0 Å². The summed E-state index contributed by atoms with van der Waals surface area (Å²) in [6, 6.07) is 7.14. The first-order chi connectivity index (χ1) is 10.6. The molecular weight excluding hydrogens is 286 g/mol. The van der Waals surface area contributed by atoms with E-state index in [9.17, 15) is 19.2 Å². The van der Waals surface area contributed by atoms with Gasteiger partial charge in [0.1, 0.15) is 12.1 Å². The van der Waals surface area contributed by atoms with Gasteiger partial charge in [0.25, 0.3) is 5.91 Å². The summed E-state index contributed by atoms with van der Waals surface area (Å²) in [4.78, 5) is 48.4. The zero-order valence-corrected chi connectivity index (χ0v) is 11.7. The third-order valence-corrected chi connectivity index (χ3v) is 3.86. The molecule has 2 heterocycles. The lowest BCUT2D eigenvalue weighted by Crippen LogP contribution is -2.54. The van der Waals surface area contributed by atoms with Crippen LogP contribution in [-0.2, 0) is 20.8 Å². The Balaban J connectivity index is 1.74. The van der Waals surface area contributed by atoms with E-state index in [-0.39, 0.29) is 18.7 Å². The van der Waals surface area contributed by atoms with Gasteiger partial charge in [-0.05, 0) is 12.0 Å². The van der Waals surface area contributed by atoms with Gasteiger partial charge < -0.3 is 5.32 Å². The maximum Gasteiger partial charge on any atom is 0.325 e. The average Bonchev–Trinajstić information content (AvgIpc) is 2.75. The summed E-state index contributed by atoms with van der Waals surface area (Å²) in [5.74, 6) is -1.40. The fourth-order valence-electron chi connectivity index (χ4n) is 2.76. The molecule has 0 radical (unpaired) electrons. The van der Waals surface area contributed by atoms with Crippen molar-refractivity contribution < 1.29 is 19.2 Å². The van der Waals surface area contributed by atoms with Crippen molar-refractivity contribution >= 4 is 23.8 Å².